The topological polar surface area (TPSA) is 79.7 Å². The fraction of sp³-hybridized carbons (Fsp3) is 0.333. The second kappa shape index (κ2) is 10.5. The minimum absolute atomic E-state index is 0.0805. The molecule has 0 radical (unpaired) electrons. The van der Waals surface area contributed by atoms with Crippen molar-refractivity contribution in [2.45, 2.75) is 32.9 Å². The van der Waals surface area contributed by atoms with Crippen LogP contribution < -0.4 is 4.74 Å². The lowest BCUT2D eigenvalue weighted by atomic mass is 9.99. The third-order valence-corrected chi connectivity index (χ3v) is 5.88. The van der Waals surface area contributed by atoms with Crippen LogP contribution in [0.1, 0.15) is 53.3 Å². The van der Waals surface area contributed by atoms with E-state index in [2.05, 4.69) is 4.98 Å². The highest BCUT2D eigenvalue weighted by atomic mass is 35.5. The molecule has 0 aliphatic heterocycles. The first-order valence-corrected chi connectivity index (χ1v) is 12.2. The van der Waals surface area contributed by atoms with Crippen LogP contribution in [0.15, 0.2) is 42.5 Å². The molecule has 0 aliphatic rings. The SMILES string of the molecule is COC(=O)c1nc(-c2ccccc2OC)n(C(C)C)c1C(OS(C)=O)c1ccc(Cl)cc1C. The highest BCUT2D eigenvalue weighted by Crippen LogP contribution is 2.39. The number of hydrogen-bond acceptors (Lipinski definition) is 6. The van der Waals surface area contributed by atoms with Gasteiger partial charge in [0, 0.05) is 17.3 Å². The zero-order chi connectivity index (χ0) is 24.3. The van der Waals surface area contributed by atoms with E-state index in [9.17, 15) is 9.00 Å². The molecule has 176 valence electrons. The zero-order valence-electron chi connectivity index (χ0n) is 19.4. The number of imidazole rings is 1. The molecule has 0 spiro atoms. The van der Waals surface area contributed by atoms with Gasteiger partial charge in [-0.25, -0.2) is 14.0 Å². The number of para-hydroxylation sites is 1. The fourth-order valence-electron chi connectivity index (χ4n) is 3.80. The summed E-state index contributed by atoms with van der Waals surface area (Å²) in [5, 5.41) is 0.563. The maximum absolute atomic E-state index is 12.9. The second-order valence-electron chi connectivity index (χ2n) is 7.70. The maximum atomic E-state index is 12.9. The molecule has 0 fully saturated rings. The molecule has 0 saturated heterocycles. The van der Waals surface area contributed by atoms with Crippen molar-refractivity contribution in [2.75, 3.05) is 20.5 Å². The Balaban J connectivity index is 2.41. The largest absolute Gasteiger partial charge is 0.496 e. The third kappa shape index (κ3) is 5.13. The molecule has 2 aromatic carbocycles. The molecule has 1 aromatic heterocycles. The number of halogens is 1. The standard InChI is InChI=1S/C24H27ClN2O5S/c1-14(2)27-21(22(32-33(6)29)17-12-11-16(25)13-15(17)3)20(24(28)31-5)26-23(27)18-9-7-8-10-19(18)30-4/h7-14,22H,1-6H3. The molecule has 9 heteroatoms. The van der Waals surface area contributed by atoms with Crippen molar-refractivity contribution in [1.29, 1.82) is 0 Å². The van der Waals surface area contributed by atoms with Crippen LogP contribution in [0.4, 0.5) is 0 Å². The molecule has 33 heavy (non-hydrogen) atoms. The number of benzene rings is 2. The van der Waals surface area contributed by atoms with Gasteiger partial charge in [-0.3, -0.25) is 4.18 Å². The third-order valence-electron chi connectivity index (χ3n) is 5.19. The summed E-state index contributed by atoms with van der Waals surface area (Å²) in [5.74, 6) is 0.495. The van der Waals surface area contributed by atoms with Gasteiger partial charge in [-0.1, -0.05) is 29.8 Å². The van der Waals surface area contributed by atoms with Crippen LogP contribution in [0.25, 0.3) is 11.4 Å². The molecule has 2 unspecified atom stereocenters. The van der Waals surface area contributed by atoms with E-state index in [1.807, 2.05) is 49.6 Å². The summed E-state index contributed by atoms with van der Waals surface area (Å²) in [6.07, 6.45) is 0.577. The van der Waals surface area contributed by atoms with Crippen LogP contribution in [-0.4, -0.2) is 40.2 Å². The Morgan fingerprint density at radius 3 is 2.42 bits per heavy atom. The van der Waals surface area contributed by atoms with E-state index in [0.717, 1.165) is 5.56 Å². The molecular formula is C24H27ClN2O5S. The second-order valence-corrected chi connectivity index (χ2v) is 9.14. The van der Waals surface area contributed by atoms with Crippen molar-refractivity contribution in [3.05, 3.63) is 70.0 Å². The van der Waals surface area contributed by atoms with Gasteiger partial charge < -0.3 is 14.0 Å². The molecule has 0 bridgehead atoms. The van der Waals surface area contributed by atoms with Crippen molar-refractivity contribution in [3.63, 3.8) is 0 Å². The number of aromatic nitrogens is 2. The fourth-order valence-corrected chi connectivity index (χ4v) is 4.49. The molecule has 0 saturated carbocycles. The summed E-state index contributed by atoms with van der Waals surface area (Å²) in [7, 11) is 2.87. The van der Waals surface area contributed by atoms with E-state index in [0.29, 0.717) is 33.4 Å². The number of esters is 1. The lowest BCUT2D eigenvalue weighted by Gasteiger charge is -2.24. The van der Waals surface area contributed by atoms with Gasteiger partial charge in [0.1, 0.15) is 17.7 Å². The monoisotopic (exact) mass is 490 g/mol. The van der Waals surface area contributed by atoms with Crippen molar-refractivity contribution < 1.29 is 22.7 Å². The average molecular weight is 491 g/mol. The van der Waals surface area contributed by atoms with E-state index in [-0.39, 0.29) is 11.7 Å². The van der Waals surface area contributed by atoms with Gasteiger partial charge in [0.15, 0.2) is 16.8 Å². The summed E-state index contributed by atoms with van der Waals surface area (Å²) in [4.78, 5) is 17.6. The van der Waals surface area contributed by atoms with E-state index in [4.69, 9.17) is 25.3 Å². The Bertz CT molecular complexity index is 1190. The number of carbonyl (C=O) groups is 1. The van der Waals surface area contributed by atoms with E-state index < -0.39 is 23.2 Å². The Morgan fingerprint density at radius 2 is 1.85 bits per heavy atom. The number of methoxy groups -OCH3 is 2. The lowest BCUT2D eigenvalue weighted by molar-refractivity contribution is 0.0589. The van der Waals surface area contributed by atoms with Crippen LogP contribution in [0.5, 0.6) is 5.75 Å². The van der Waals surface area contributed by atoms with Gasteiger partial charge in [-0.05, 0) is 56.2 Å². The first-order chi connectivity index (χ1) is 15.7. The molecule has 3 aromatic rings. The van der Waals surface area contributed by atoms with E-state index in [1.165, 1.54) is 13.4 Å². The smallest absolute Gasteiger partial charge is 0.358 e. The van der Waals surface area contributed by atoms with Crippen LogP contribution in [0, 0.1) is 6.92 Å². The first-order valence-electron chi connectivity index (χ1n) is 10.3. The van der Waals surface area contributed by atoms with Gasteiger partial charge in [0.25, 0.3) is 0 Å². The first kappa shape index (κ1) is 25.0. The molecule has 0 amide bonds. The molecule has 1 heterocycles. The summed E-state index contributed by atoms with van der Waals surface area (Å²) in [6.45, 7) is 5.82. The molecule has 7 nitrogen and oxygen atoms in total. The lowest BCUT2D eigenvalue weighted by Crippen LogP contribution is -2.19. The van der Waals surface area contributed by atoms with E-state index in [1.54, 1.807) is 25.3 Å². The summed E-state index contributed by atoms with van der Waals surface area (Å²) >= 11 is 4.52. The van der Waals surface area contributed by atoms with Crippen LogP contribution in [0.2, 0.25) is 5.02 Å². The predicted octanol–water partition coefficient (Wildman–Crippen LogP) is 5.29. The Hall–Kier alpha value is -2.68. The van der Waals surface area contributed by atoms with Gasteiger partial charge in [-0.2, -0.15) is 0 Å². The minimum Gasteiger partial charge on any atom is -0.496 e. The molecule has 3 rings (SSSR count). The van der Waals surface area contributed by atoms with Crippen molar-refractivity contribution in [2.24, 2.45) is 0 Å². The van der Waals surface area contributed by atoms with Crippen LogP contribution in [-0.2, 0) is 20.0 Å². The summed E-state index contributed by atoms with van der Waals surface area (Å²) < 4.78 is 30.7. The zero-order valence-corrected chi connectivity index (χ0v) is 21.0. The van der Waals surface area contributed by atoms with Gasteiger partial charge in [-0.15, -0.1) is 0 Å². The minimum atomic E-state index is -1.65. The molecule has 2 atom stereocenters. The van der Waals surface area contributed by atoms with Gasteiger partial charge in [0.05, 0.1) is 25.5 Å². The molecule has 0 N–H and O–H groups in total. The Labute approximate surface area is 201 Å². The quantitative estimate of drug-likeness (QED) is 0.399. The number of rotatable bonds is 8. The summed E-state index contributed by atoms with van der Waals surface area (Å²) in [6, 6.07) is 12.6. The number of aryl methyl sites for hydroxylation is 1. The number of ether oxygens (including phenoxy) is 2. The molecule has 0 aliphatic carbocycles. The van der Waals surface area contributed by atoms with Crippen molar-refractivity contribution in [3.8, 4) is 17.1 Å². The normalized spacial score (nSPS) is 13.1. The number of nitrogens with zero attached hydrogens (tertiary/aromatic N) is 2. The van der Waals surface area contributed by atoms with E-state index >= 15 is 0 Å². The number of hydrogen-bond donors (Lipinski definition) is 0. The molecular weight excluding hydrogens is 464 g/mol. The van der Waals surface area contributed by atoms with Crippen molar-refractivity contribution >= 4 is 28.7 Å². The highest BCUT2D eigenvalue weighted by molar-refractivity contribution is 7.79. The maximum Gasteiger partial charge on any atom is 0.358 e. The Kier molecular flexibility index (Phi) is 7.94. The van der Waals surface area contributed by atoms with Crippen molar-refractivity contribution in [1.82, 2.24) is 9.55 Å². The predicted molar refractivity (Wildman–Crippen MR) is 129 cm³/mol. The van der Waals surface area contributed by atoms with Gasteiger partial charge >= 0.3 is 5.97 Å². The summed E-state index contributed by atoms with van der Waals surface area (Å²) in [5.41, 5.74) is 2.77. The average Bonchev–Trinajstić information content (AvgIpc) is 3.17. The highest BCUT2D eigenvalue weighted by Gasteiger charge is 2.34. The Morgan fingerprint density at radius 1 is 1.15 bits per heavy atom. The van der Waals surface area contributed by atoms with Crippen LogP contribution in [0.3, 0.4) is 0 Å². The van der Waals surface area contributed by atoms with Gasteiger partial charge in [0.2, 0.25) is 0 Å². The number of carbonyl (C=O) groups excluding carboxylic acids is 1. The van der Waals surface area contributed by atoms with Crippen LogP contribution >= 0.6 is 11.6 Å².